The number of nitrogens with one attached hydrogen (secondary N) is 1. The zero-order valence-corrected chi connectivity index (χ0v) is 15.6. The molecular formula is C15H23BrN2O3S. The number of anilines is 1. The quantitative estimate of drug-likeness (QED) is 0.741. The average molecular weight is 391 g/mol. The molecule has 0 bridgehead atoms. The van der Waals surface area contributed by atoms with Crippen molar-refractivity contribution < 1.29 is 13.2 Å². The minimum atomic E-state index is -3.40. The van der Waals surface area contributed by atoms with Gasteiger partial charge < -0.3 is 5.32 Å². The van der Waals surface area contributed by atoms with Crippen LogP contribution in [0.4, 0.5) is 5.69 Å². The molecule has 22 heavy (non-hydrogen) atoms. The molecule has 1 aromatic carbocycles. The van der Waals surface area contributed by atoms with Crippen molar-refractivity contribution in [3.05, 3.63) is 28.2 Å². The summed E-state index contributed by atoms with van der Waals surface area (Å²) in [6.45, 7) is 4.47. The number of hydrogen-bond acceptors (Lipinski definition) is 3. The third-order valence-electron chi connectivity index (χ3n) is 3.24. The highest BCUT2D eigenvalue weighted by Gasteiger charge is 2.18. The average Bonchev–Trinajstić information content (AvgIpc) is 2.43. The number of halogens is 1. The number of aryl methyl sites for hydroxylation is 1. The molecule has 0 spiro atoms. The lowest BCUT2D eigenvalue weighted by molar-refractivity contribution is -0.121. The van der Waals surface area contributed by atoms with Gasteiger partial charge in [0, 0.05) is 17.4 Å². The molecule has 0 radical (unpaired) electrons. The molecule has 0 fully saturated rings. The number of benzene rings is 1. The van der Waals surface area contributed by atoms with Crippen LogP contribution in [0.15, 0.2) is 22.7 Å². The fourth-order valence-corrected chi connectivity index (χ4v) is 3.23. The summed E-state index contributed by atoms with van der Waals surface area (Å²) in [5.41, 5.74) is 1.62. The Bertz CT molecular complexity index is 617. The third kappa shape index (κ3) is 5.96. The van der Waals surface area contributed by atoms with Crippen molar-refractivity contribution in [3.8, 4) is 0 Å². The highest BCUT2D eigenvalue weighted by Crippen LogP contribution is 2.24. The molecule has 0 atom stereocenters. The van der Waals surface area contributed by atoms with Crippen LogP contribution in [0.3, 0.4) is 0 Å². The SMILES string of the molecule is CCCCC(=O)NCCN(c1ccc(C)c(Br)c1)S(C)(=O)=O. The number of nitrogens with zero attached hydrogens (tertiary/aromatic N) is 1. The number of rotatable bonds is 8. The first-order valence-corrected chi connectivity index (χ1v) is 9.90. The van der Waals surface area contributed by atoms with Crippen LogP contribution < -0.4 is 9.62 Å². The number of amides is 1. The van der Waals surface area contributed by atoms with Gasteiger partial charge >= 0.3 is 0 Å². The van der Waals surface area contributed by atoms with Crippen molar-refractivity contribution in [1.29, 1.82) is 0 Å². The molecule has 0 unspecified atom stereocenters. The lowest BCUT2D eigenvalue weighted by Crippen LogP contribution is -2.38. The predicted molar refractivity (Wildman–Crippen MR) is 93.6 cm³/mol. The number of unbranched alkanes of at least 4 members (excludes halogenated alkanes) is 1. The summed E-state index contributed by atoms with van der Waals surface area (Å²) in [7, 11) is -3.40. The molecule has 124 valence electrons. The highest BCUT2D eigenvalue weighted by molar-refractivity contribution is 9.10. The van der Waals surface area contributed by atoms with Crippen LogP contribution >= 0.6 is 15.9 Å². The molecule has 7 heteroatoms. The van der Waals surface area contributed by atoms with Gasteiger partial charge in [0.25, 0.3) is 0 Å². The fraction of sp³-hybridized carbons (Fsp3) is 0.533. The topological polar surface area (TPSA) is 66.5 Å². The second-order valence-corrected chi connectivity index (χ2v) is 7.98. The lowest BCUT2D eigenvalue weighted by atomic mass is 10.2. The first-order chi connectivity index (χ1) is 10.3. The molecule has 1 amide bonds. The van der Waals surface area contributed by atoms with Crippen molar-refractivity contribution >= 4 is 37.5 Å². The van der Waals surface area contributed by atoms with E-state index < -0.39 is 10.0 Å². The Morgan fingerprint density at radius 1 is 1.36 bits per heavy atom. The summed E-state index contributed by atoms with van der Waals surface area (Å²) in [5, 5.41) is 2.76. The van der Waals surface area contributed by atoms with Gasteiger partial charge in [0.15, 0.2) is 0 Å². The number of carbonyl (C=O) groups excluding carboxylic acids is 1. The van der Waals surface area contributed by atoms with Gasteiger partial charge in [-0.15, -0.1) is 0 Å². The summed E-state index contributed by atoms with van der Waals surface area (Å²) in [6, 6.07) is 5.40. The number of carbonyl (C=O) groups is 1. The van der Waals surface area contributed by atoms with E-state index in [0.717, 1.165) is 22.9 Å². The number of sulfonamides is 1. The van der Waals surface area contributed by atoms with E-state index in [9.17, 15) is 13.2 Å². The van der Waals surface area contributed by atoms with Gasteiger partial charge in [0.1, 0.15) is 0 Å². The van der Waals surface area contributed by atoms with E-state index in [-0.39, 0.29) is 12.5 Å². The molecule has 0 aliphatic rings. The van der Waals surface area contributed by atoms with E-state index in [4.69, 9.17) is 0 Å². The van der Waals surface area contributed by atoms with E-state index in [1.807, 2.05) is 19.9 Å². The van der Waals surface area contributed by atoms with E-state index in [1.54, 1.807) is 12.1 Å². The largest absolute Gasteiger partial charge is 0.354 e. The molecule has 0 aliphatic carbocycles. The van der Waals surface area contributed by atoms with Crippen LogP contribution in [-0.4, -0.2) is 33.7 Å². The van der Waals surface area contributed by atoms with Gasteiger partial charge in [-0.1, -0.05) is 35.3 Å². The summed E-state index contributed by atoms with van der Waals surface area (Å²) in [5.74, 6) is -0.0413. The molecule has 1 N–H and O–H groups in total. The van der Waals surface area contributed by atoms with E-state index >= 15 is 0 Å². The summed E-state index contributed by atoms with van der Waals surface area (Å²) >= 11 is 3.41. The molecule has 0 saturated carbocycles. The molecule has 1 rings (SSSR count). The Morgan fingerprint density at radius 3 is 2.59 bits per heavy atom. The molecule has 5 nitrogen and oxygen atoms in total. The second-order valence-electron chi connectivity index (χ2n) is 5.22. The zero-order chi connectivity index (χ0) is 16.8. The Labute approximate surface area is 141 Å². The smallest absolute Gasteiger partial charge is 0.232 e. The van der Waals surface area contributed by atoms with Crippen molar-refractivity contribution in [2.45, 2.75) is 33.1 Å². The Morgan fingerprint density at radius 2 is 2.05 bits per heavy atom. The maximum Gasteiger partial charge on any atom is 0.232 e. The molecule has 0 heterocycles. The second kappa shape index (κ2) is 8.53. The summed E-state index contributed by atoms with van der Waals surface area (Å²) < 4.78 is 26.1. The summed E-state index contributed by atoms with van der Waals surface area (Å²) in [6.07, 6.45) is 3.44. The van der Waals surface area contributed by atoms with Gasteiger partial charge in [-0.3, -0.25) is 9.10 Å². The molecule has 0 aliphatic heterocycles. The van der Waals surface area contributed by atoms with Crippen LogP contribution in [0.25, 0.3) is 0 Å². The minimum absolute atomic E-state index is 0.0413. The van der Waals surface area contributed by atoms with Crippen molar-refractivity contribution in [1.82, 2.24) is 5.32 Å². The maximum absolute atomic E-state index is 12.0. The lowest BCUT2D eigenvalue weighted by Gasteiger charge is -2.23. The van der Waals surface area contributed by atoms with Gasteiger partial charge in [-0.2, -0.15) is 0 Å². The standard InChI is InChI=1S/C15H23BrN2O3S/c1-4-5-6-15(19)17-9-10-18(22(3,20)21)13-8-7-12(2)14(16)11-13/h7-8,11H,4-6,9-10H2,1-3H3,(H,17,19). The first-order valence-electron chi connectivity index (χ1n) is 7.26. The van der Waals surface area contributed by atoms with Gasteiger partial charge in [-0.25, -0.2) is 8.42 Å². The zero-order valence-electron chi connectivity index (χ0n) is 13.2. The first kappa shape index (κ1) is 19.0. The normalized spacial score (nSPS) is 11.3. The Hall–Kier alpha value is -1.08. The van der Waals surface area contributed by atoms with Crippen molar-refractivity contribution in [3.63, 3.8) is 0 Å². The van der Waals surface area contributed by atoms with Crippen LogP contribution in [0.5, 0.6) is 0 Å². The summed E-state index contributed by atoms with van der Waals surface area (Å²) in [4.78, 5) is 11.6. The fourth-order valence-electron chi connectivity index (χ4n) is 1.95. The maximum atomic E-state index is 12.0. The molecule has 0 aromatic heterocycles. The molecule has 0 saturated heterocycles. The van der Waals surface area contributed by atoms with Crippen molar-refractivity contribution in [2.75, 3.05) is 23.7 Å². The van der Waals surface area contributed by atoms with E-state index in [0.29, 0.717) is 18.7 Å². The predicted octanol–water partition coefficient (Wildman–Crippen LogP) is 2.83. The van der Waals surface area contributed by atoms with Crippen molar-refractivity contribution in [2.24, 2.45) is 0 Å². The van der Waals surface area contributed by atoms with Gasteiger partial charge in [0.2, 0.25) is 15.9 Å². The van der Waals surface area contributed by atoms with Crippen LogP contribution in [-0.2, 0) is 14.8 Å². The van der Waals surface area contributed by atoms with Crippen LogP contribution in [0.1, 0.15) is 31.7 Å². The molecular weight excluding hydrogens is 368 g/mol. The number of hydrogen-bond donors (Lipinski definition) is 1. The Kier molecular flexibility index (Phi) is 7.35. The third-order valence-corrected chi connectivity index (χ3v) is 5.29. The highest BCUT2D eigenvalue weighted by atomic mass is 79.9. The minimum Gasteiger partial charge on any atom is -0.354 e. The molecule has 1 aromatic rings. The van der Waals surface area contributed by atoms with Crippen LogP contribution in [0.2, 0.25) is 0 Å². The van der Waals surface area contributed by atoms with E-state index in [1.165, 1.54) is 10.6 Å². The van der Waals surface area contributed by atoms with Gasteiger partial charge in [-0.05, 0) is 31.0 Å². The van der Waals surface area contributed by atoms with Gasteiger partial charge in [0.05, 0.1) is 18.5 Å². The Balaban J connectivity index is 2.75. The van der Waals surface area contributed by atoms with E-state index in [2.05, 4.69) is 21.2 Å². The monoisotopic (exact) mass is 390 g/mol. The van der Waals surface area contributed by atoms with Crippen LogP contribution in [0, 0.1) is 6.92 Å².